The zero-order valence-electron chi connectivity index (χ0n) is 16.1. The summed E-state index contributed by atoms with van der Waals surface area (Å²) in [4.78, 5) is 15.5. The topological polar surface area (TPSA) is 91.7 Å². The van der Waals surface area contributed by atoms with Gasteiger partial charge in [-0.2, -0.15) is 5.26 Å². The number of nitriles is 1. The van der Waals surface area contributed by atoms with Crippen LogP contribution in [-0.4, -0.2) is 28.0 Å². The maximum atomic E-state index is 8.68. The van der Waals surface area contributed by atoms with Crippen molar-refractivity contribution in [1.29, 1.82) is 5.26 Å². The maximum absolute atomic E-state index is 8.68. The summed E-state index contributed by atoms with van der Waals surface area (Å²) < 4.78 is 0. The Balaban J connectivity index is 1.81. The highest BCUT2D eigenvalue weighted by atomic mass is 15.2. The summed E-state index contributed by atoms with van der Waals surface area (Å²) in [6, 6.07) is 6.58. The van der Waals surface area contributed by atoms with Gasteiger partial charge >= 0.3 is 0 Å². The third-order valence-electron chi connectivity index (χ3n) is 5.28. The molecule has 1 unspecified atom stereocenters. The van der Waals surface area contributed by atoms with Gasteiger partial charge in [-0.25, -0.2) is 15.0 Å². The molecule has 0 aromatic carbocycles. The number of unbranched alkanes of at least 4 members (excludes halogenated alkanes) is 3. The number of nitrogen functional groups attached to an aromatic ring is 1. The van der Waals surface area contributed by atoms with E-state index in [1.165, 1.54) is 18.4 Å². The van der Waals surface area contributed by atoms with Gasteiger partial charge in [0.1, 0.15) is 5.82 Å². The van der Waals surface area contributed by atoms with Gasteiger partial charge in [0, 0.05) is 37.5 Å². The molecule has 0 aliphatic carbocycles. The molecular weight excluding hydrogens is 336 g/mol. The number of aromatic nitrogens is 3. The fourth-order valence-corrected chi connectivity index (χ4v) is 3.58. The highest BCUT2D eigenvalue weighted by molar-refractivity contribution is 5.62. The van der Waals surface area contributed by atoms with Crippen LogP contribution in [0.15, 0.2) is 24.5 Å². The molecule has 3 rings (SSSR count). The lowest BCUT2D eigenvalue weighted by molar-refractivity contribution is 0.568. The minimum absolute atomic E-state index is 0.276. The van der Waals surface area contributed by atoms with Crippen LogP contribution in [0.5, 0.6) is 0 Å². The average molecular weight is 364 g/mol. The van der Waals surface area contributed by atoms with Gasteiger partial charge in [-0.15, -0.1) is 0 Å². The predicted octanol–water partition coefficient (Wildman–Crippen LogP) is 3.98. The SMILES string of the molecule is CCC1CCN(c2cc(CCCCCC#N)cc(-c3cnc(N)nc3)n2)C1. The van der Waals surface area contributed by atoms with E-state index in [-0.39, 0.29) is 5.95 Å². The lowest BCUT2D eigenvalue weighted by atomic mass is 10.0. The van der Waals surface area contributed by atoms with Gasteiger partial charge in [0.15, 0.2) is 0 Å². The van der Waals surface area contributed by atoms with Crippen molar-refractivity contribution in [1.82, 2.24) is 15.0 Å². The van der Waals surface area contributed by atoms with Crippen LogP contribution in [0.4, 0.5) is 11.8 Å². The standard InChI is InChI=1S/C21H28N6/c1-2-16-8-10-27(15-16)20-12-17(7-5-3-4-6-9-22)11-19(26-20)18-13-24-21(23)25-14-18/h11-14,16H,2-8,10,15H2,1H3,(H2,23,24,25). The van der Waals surface area contributed by atoms with Crippen molar-refractivity contribution in [3.8, 4) is 17.3 Å². The van der Waals surface area contributed by atoms with Crippen LogP contribution in [0, 0.1) is 17.2 Å². The Bertz CT molecular complexity index is 780. The zero-order valence-corrected chi connectivity index (χ0v) is 16.1. The Hall–Kier alpha value is -2.68. The highest BCUT2D eigenvalue weighted by Crippen LogP contribution is 2.28. The summed E-state index contributed by atoms with van der Waals surface area (Å²) in [6.07, 6.45) is 10.7. The second kappa shape index (κ2) is 9.31. The smallest absolute Gasteiger partial charge is 0.219 e. The van der Waals surface area contributed by atoms with E-state index < -0.39 is 0 Å². The minimum Gasteiger partial charge on any atom is -0.368 e. The molecule has 3 heterocycles. The molecule has 1 aliphatic heterocycles. The molecule has 6 nitrogen and oxygen atoms in total. The van der Waals surface area contributed by atoms with Gasteiger partial charge in [-0.05, 0) is 49.3 Å². The molecule has 1 atom stereocenters. The maximum Gasteiger partial charge on any atom is 0.219 e. The molecule has 2 aromatic rings. The van der Waals surface area contributed by atoms with E-state index in [1.54, 1.807) is 12.4 Å². The number of nitrogens with zero attached hydrogens (tertiary/aromatic N) is 5. The van der Waals surface area contributed by atoms with Gasteiger partial charge < -0.3 is 10.6 Å². The van der Waals surface area contributed by atoms with Gasteiger partial charge in [0.2, 0.25) is 5.95 Å². The number of rotatable bonds is 8. The first kappa shape index (κ1) is 19.1. The van der Waals surface area contributed by atoms with Crippen LogP contribution in [0.1, 0.15) is 51.0 Å². The summed E-state index contributed by atoms with van der Waals surface area (Å²) in [5, 5.41) is 8.68. The van der Waals surface area contributed by atoms with Crippen molar-refractivity contribution < 1.29 is 0 Å². The van der Waals surface area contributed by atoms with E-state index in [0.717, 1.165) is 61.8 Å². The second-order valence-corrected chi connectivity index (χ2v) is 7.28. The molecule has 1 fully saturated rings. The first-order valence-corrected chi connectivity index (χ1v) is 9.90. The van der Waals surface area contributed by atoms with Crippen molar-refractivity contribution in [3.63, 3.8) is 0 Å². The molecular formula is C21H28N6. The monoisotopic (exact) mass is 364 g/mol. The summed E-state index contributed by atoms with van der Waals surface area (Å²) in [5.74, 6) is 2.08. The zero-order chi connectivity index (χ0) is 19.1. The van der Waals surface area contributed by atoms with Crippen molar-refractivity contribution in [3.05, 3.63) is 30.1 Å². The molecule has 0 spiro atoms. The molecule has 1 aliphatic rings. The van der Waals surface area contributed by atoms with Crippen LogP contribution in [0.25, 0.3) is 11.3 Å². The number of nitrogens with two attached hydrogens (primary N) is 1. The number of anilines is 2. The Labute approximate surface area is 161 Å². The number of hydrogen-bond donors (Lipinski definition) is 1. The molecule has 0 saturated carbocycles. The summed E-state index contributed by atoms with van der Waals surface area (Å²) in [5.41, 5.74) is 8.70. The van der Waals surface area contributed by atoms with Crippen LogP contribution < -0.4 is 10.6 Å². The Kier molecular flexibility index (Phi) is 6.59. The molecule has 2 N–H and O–H groups in total. The molecule has 27 heavy (non-hydrogen) atoms. The van der Waals surface area contributed by atoms with Gasteiger partial charge in [0.05, 0.1) is 11.8 Å². The molecule has 2 aromatic heterocycles. The van der Waals surface area contributed by atoms with Gasteiger partial charge in [-0.3, -0.25) is 0 Å². The summed E-state index contributed by atoms with van der Waals surface area (Å²) >= 11 is 0. The van der Waals surface area contributed by atoms with Crippen molar-refractivity contribution in [2.45, 2.75) is 51.9 Å². The van der Waals surface area contributed by atoms with E-state index in [0.29, 0.717) is 6.42 Å². The van der Waals surface area contributed by atoms with Gasteiger partial charge in [0.25, 0.3) is 0 Å². The first-order chi connectivity index (χ1) is 13.2. The lowest BCUT2D eigenvalue weighted by Gasteiger charge is -2.19. The number of hydrogen-bond acceptors (Lipinski definition) is 6. The van der Waals surface area contributed by atoms with Crippen LogP contribution in [-0.2, 0) is 6.42 Å². The van der Waals surface area contributed by atoms with Gasteiger partial charge in [-0.1, -0.05) is 19.8 Å². The lowest BCUT2D eigenvalue weighted by Crippen LogP contribution is -2.21. The number of pyridine rings is 1. The minimum atomic E-state index is 0.276. The number of aryl methyl sites for hydroxylation is 1. The van der Waals surface area contributed by atoms with E-state index in [9.17, 15) is 0 Å². The molecule has 1 saturated heterocycles. The third-order valence-corrected chi connectivity index (χ3v) is 5.28. The van der Waals surface area contributed by atoms with Crippen molar-refractivity contribution in [2.75, 3.05) is 23.7 Å². The van der Waals surface area contributed by atoms with Crippen LogP contribution >= 0.6 is 0 Å². The van der Waals surface area contributed by atoms with Crippen molar-refractivity contribution in [2.24, 2.45) is 5.92 Å². The van der Waals surface area contributed by atoms with E-state index in [2.05, 4.69) is 40.0 Å². The quantitative estimate of drug-likeness (QED) is 0.712. The predicted molar refractivity (Wildman–Crippen MR) is 108 cm³/mol. The molecule has 0 amide bonds. The summed E-state index contributed by atoms with van der Waals surface area (Å²) in [6.45, 7) is 4.40. The van der Waals surface area contributed by atoms with E-state index in [1.807, 2.05) is 0 Å². The third kappa shape index (κ3) is 5.16. The Morgan fingerprint density at radius 3 is 2.74 bits per heavy atom. The normalized spacial score (nSPS) is 16.4. The first-order valence-electron chi connectivity index (χ1n) is 9.90. The fourth-order valence-electron chi connectivity index (χ4n) is 3.58. The largest absolute Gasteiger partial charge is 0.368 e. The highest BCUT2D eigenvalue weighted by Gasteiger charge is 2.22. The van der Waals surface area contributed by atoms with Crippen LogP contribution in [0.3, 0.4) is 0 Å². The van der Waals surface area contributed by atoms with E-state index in [4.69, 9.17) is 16.0 Å². The second-order valence-electron chi connectivity index (χ2n) is 7.28. The van der Waals surface area contributed by atoms with Crippen LogP contribution in [0.2, 0.25) is 0 Å². The Morgan fingerprint density at radius 2 is 2.04 bits per heavy atom. The summed E-state index contributed by atoms with van der Waals surface area (Å²) in [7, 11) is 0. The molecule has 142 valence electrons. The molecule has 0 bridgehead atoms. The van der Waals surface area contributed by atoms with E-state index >= 15 is 0 Å². The Morgan fingerprint density at radius 1 is 1.22 bits per heavy atom. The molecule has 6 heteroatoms. The average Bonchev–Trinajstić information content (AvgIpc) is 3.17. The van der Waals surface area contributed by atoms with Crippen molar-refractivity contribution >= 4 is 11.8 Å². The molecule has 0 radical (unpaired) electrons. The fraction of sp³-hybridized carbons (Fsp3) is 0.524.